The maximum Gasteiger partial charge on any atom is 0.247 e. The quantitative estimate of drug-likeness (QED) is 0.319. The van der Waals surface area contributed by atoms with E-state index in [-0.39, 0.29) is 19.6 Å². The number of carbonyl (C=O) groups is 1. The standard InChI is InChI=1S/C26H31FN8O2/c1-26(2,37)24(34(15-21(27)13-28)23(36)17-35-30-18-29-32-35)25-31-22(20-11-7-4-8-12-20)16-33(25)14-19-9-5-3-6-10-19/h3-12,16,18,21,24,37H,13-15,17,28H2,1-2H3/t21?,24-/m0/s1. The summed E-state index contributed by atoms with van der Waals surface area (Å²) >= 11 is 0. The van der Waals surface area contributed by atoms with Crippen molar-refractivity contribution >= 4 is 5.91 Å². The lowest BCUT2D eigenvalue weighted by atomic mass is 9.95. The first-order valence-corrected chi connectivity index (χ1v) is 12.0. The summed E-state index contributed by atoms with van der Waals surface area (Å²) in [7, 11) is 0. The Hall–Kier alpha value is -3.96. The molecule has 1 unspecified atom stereocenters. The number of halogens is 1. The lowest BCUT2D eigenvalue weighted by molar-refractivity contribution is -0.143. The monoisotopic (exact) mass is 506 g/mol. The highest BCUT2D eigenvalue weighted by Gasteiger charge is 2.41. The van der Waals surface area contributed by atoms with Crippen molar-refractivity contribution in [2.45, 2.75) is 44.8 Å². The van der Waals surface area contributed by atoms with Crippen LogP contribution in [0.25, 0.3) is 11.3 Å². The molecule has 0 radical (unpaired) electrons. The summed E-state index contributed by atoms with van der Waals surface area (Å²) in [6.45, 7) is 2.69. The molecule has 0 fully saturated rings. The maximum absolute atomic E-state index is 14.7. The second kappa shape index (κ2) is 11.4. The molecule has 4 rings (SSSR count). The third-order valence-electron chi connectivity index (χ3n) is 5.94. The van der Waals surface area contributed by atoms with Gasteiger partial charge in [-0.1, -0.05) is 60.7 Å². The van der Waals surface area contributed by atoms with Gasteiger partial charge in [0.1, 0.15) is 24.6 Å². The number of benzene rings is 2. The average Bonchev–Trinajstić information content (AvgIpc) is 3.54. The lowest BCUT2D eigenvalue weighted by Gasteiger charge is -2.39. The van der Waals surface area contributed by atoms with Crippen molar-refractivity contribution in [3.05, 3.63) is 84.6 Å². The van der Waals surface area contributed by atoms with E-state index in [1.54, 1.807) is 13.8 Å². The largest absolute Gasteiger partial charge is 0.388 e. The van der Waals surface area contributed by atoms with E-state index in [0.29, 0.717) is 18.1 Å². The molecule has 0 saturated heterocycles. The second-order valence-electron chi connectivity index (χ2n) is 9.37. The van der Waals surface area contributed by atoms with Gasteiger partial charge in [-0.3, -0.25) is 4.79 Å². The van der Waals surface area contributed by atoms with Crippen LogP contribution in [0.1, 0.15) is 31.3 Å². The number of nitrogens with zero attached hydrogens (tertiary/aromatic N) is 7. The van der Waals surface area contributed by atoms with Crippen molar-refractivity contribution in [2.75, 3.05) is 13.1 Å². The van der Waals surface area contributed by atoms with E-state index >= 15 is 0 Å². The maximum atomic E-state index is 14.7. The van der Waals surface area contributed by atoms with Crippen molar-refractivity contribution in [3.8, 4) is 11.3 Å². The normalized spacial score (nSPS) is 13.3. The van der Waals surface area contributed by atoms with Crippen molar-refractivity contribution in [1.29, 1.82) is 0 Å². The molecule has 0 saturated carbocycles. The fourth-order valence-corrected chi connectivity index (χ4v) is 4.25. The highest BCUT2D eigenvalue weighted by atomic mass is 19.1. The molecule has 194 valence electrons. The minimum Gasteiger partial charge on any atom is -0.388 e. The first kappa shape index (κ1) is 26.1. The number of aliphatic hydroxyl groups is 1. The van der Waals surface area contributed by atoms with Gasteiger partial charge in [0.25, 0.3) is 0 Å². The number of hydrogen-bond donors (Lipinski definition) is 2. The van der Waals surface area contributed by atoms with Gasteiger partial charge in [-0.25, -0.2) is 9.37 Å². The SMILES string of the molecule is CC(C)(O)[C@H](c1nc(-c2ccccc2)cn1Cc1ccccc1)N(CC(F)CN)C(=O)Cn1ncnn1. The van der Waals surface area contributed by atoms with Crippen molar-refractivity contribution in [1.82, 2.24) is 34.7 Å². The molecule has 0 aliphatic rings. The molecule has 0 aliphatic carbocycles. The third kappa shape index (κ3) is 6.43. The number of alkyl halides is 1. The molecule has 2 aromatic heterocycles. The third-order valence-corrected chi connectivity index (χ3v) is 5.94. The van der Waals surface area contributed by atoms with E-state index in [1.807, 2.05) is 71.4 Å². The smallest absolute Gasteiger partial charge is 0.247 e. The van der Waals surface area contributed by atoms with E-state index in [2.05, 4.69) is 15.4 Å². The Balaban J connectivity index is 1.83. The molecule has 0 aliphatic heterocycles. The fraction of sp³-hybridized carbons (Fsp3) is 0.346. The van der Waals surface area contributed by atoms with Gasteiger partial charge in [-0.15, -0.1) is 10.2 Å². The zero-order valence-electron chi connectivity index (χ0n) is 20.9. The molecule has 4 aromatic rings. The summed E-state index contributed by atoms with van der Waals surface area (Å²) in [4.78, 5) is 20.8. The van der Waals surface area contributed by atoms with Gasteiger partial charge in [-0.05, 0) is 24.6 Å². The zero-order valence-corrected chi connectivity index (χ0v) is 20.9. The number of amides is 1. The van der Waals surface area contributed by atoms with Gasteiger partial charge in [0.15, 0.2) is 6.33 Å². The molecule has 2 atom stereocenters. The minimum atomic E-state index is -1.51. The first-order valence-electron chi connectivity index (χ1n) is 12.0. The molecule has 2 heterocycles. The van der Waals surface area contributed by atoms with Gasteiger partial charge in [0.05, 0.1) is 17.8 Å². The van der Waals surface area contributed by atoms with Crippen LogP contribution in [0.3, 0.4) is 0 Å². The van der Waals surface area contributed by atoms with Gasteiger partial charge in [0.2, 0.25) is 5.91 Å². The van der Waals surface area contributed by atoms with Crippen LogP contribution in [0.5, 0.6) is 0 Å². The predicted octanol–water partition coefficient (Wildman–Crippen LogP) is 2.22. The van der Waals surface area contributed by atoms with Crippen LogP contribution in [0, 0.1) is 0 Å². The van der Waals surface area contributed by atoms with Gasteiger partial charge >= 0.3 is 0 Å². The van der Waals surface area contributed by atoms with Crippen molar-refractivity contribution in [3.63, 3.8) is 0 Å². The van der Waals surface area contributed by atoms with Crippen LogP contribution < -0.4 is 5.73 Å². The number of hydrogen-bond acceptors (Lipinski definition) is 7. The summed E-state index contributed by atoms with van der Waals surface area (Å²) in [5, 5.41) is 22.7. The molecule has 37 heavy (non-hydrogen) atoms. The lowest BCUT2D eigenvalue weighted by Crippen LogP contribution is -2.50. The molecule has 11 heteroatoms. The van der Waals surface area contributed by atoms with Crippen LogP contribution in [-0.4, -0.2) is 70.5 Å². The first-order chi connectivity index (χ1) is 17.8. The Morgan fingerprint density at radius 2 is 1.81 bits per heavy atom. The molecule has 1 amide bonds. The summed E-state index contributed by atoms with van der Waals surface area (Å²) in [6, 6.07) is 18.4. The van der Waals surface area contributed by atoms with E-state index < -0.39 is 23.7 Å². The Bertz CT molecular complexity index is 1270. The summed E-state index contributed by atoms with van der Waals surface area (Å²) in [5.41, 5.74) is 6.64. The number of aromatic nitrogens is 6. The van der Waals surface area contributed by atoms with Gasteiger partial charge < -0.3 is 20.3 Å². The van der Waals surface area contributed by atoms with Crippen molar-refractivity contribution < 1.29 is 14.3 Å². The number of nitrogens with two attached hydrogens (primary N) is 1. The Labute approximate surface area is 214 Å². The number of imidazole rings is 1. The zero-order chi connectivity index (χ0) is 26.4. The Morgan fingerprint density at radius 1 is 1.14 bits per heavy atom. The van der Waals surface area contributed by atoms with E-state index in [0.717, 1.165) is 15.9 Å². The van der Waals surface area contributed by atoms with Gasteiger partial charge in [0, 0.05) is 24.8 Å². The highest BCUT2D eigenvalue weighted by Crippen LogP contribution is 2.34. The van der Waals surface area contributed by atoms with Crippen LogP contribution in [0.15, 0.2) is 73.2 Å². The minimum absolute atomic E-state index is 0.280. The number of rotatable bonds is 11. The topological polar surface area (TPSA) is 128 Å². The van der Waals surface area contributed by atoms with E-state index in [9.17, 15) is 14.3 Å². The second-order valence-corrected chi connectivity index (χ2v) is 9.37. The molecular weight excluding hydrogens is 475 g/mol. The van der Waals surface area contributed by atoms with Crippen molar-refractivity contribution in [2.24, 2.45) is 5.73 Å². The molecule has 0 spiro atoms. The van der Waals surface area contributed by atoms with Crippen LogP contribution in [-0.2, 0) is 17.9 Å². The fourth-order valence-electron chi connectivity index (χ4n) is 4.25. The molecule has 0 bridgehead atoms. The molecule has 2 aromatic carbocycles. The molecule has 3 N–H and O–H groups in total. The predicted molar refractivity (Wildman–Crippen MR) is 136 cm³/mol. The molecular formula is C26H31FN8O2. The Morgan fingerprint density at radius 3 is 2.41 bits per heavy atom. The highest BCUT2D eigenvalue weighted by molar-refractivity contribution is 5.76. The van der Waals surface area contributed by atoms with E-state index in [1.165, 1.54) is 11.2 Å². The summed E-state index contributed by atoms with van der Waals surface area (Å²) < 4.78 is 16.6. The van der Waals surface area contributed by atoms with Gasteiger partial charge in [-0.2, -0.15) is 4.80 Å². The summed E-state index contributed by atoms with van der Waals surface area (Å²) in [5.74, 6) is -0.0870. The summed E-state index contributed by atoms with van der Waals surface area (Å²) in [6.07, 6.45) is 1.58. The Kier molecular flexibility index (Phi) is 8.04. The van der Waals surface area contributed by atoms with E-state index in [4.69, 9.17) is 10.7 Å². The van der Waals surface area contributed by atoms with Crippen LogP contribution >= 0.6 is 0 Å². The number of tetrazole rings is 1. The van der Waals surface area contributed by atoms with Crippen LogP contribution in [0.4, 0.5) is 4.39 Å². The number of carbonyl (C=O) groups excluding carboxylic acids is 1. The molecule has 10 nitrogen and oxygen atoms in total. The van der Waals surface area contributed by atoms with Crippen LogP contribution in [0.2, 0.25) is 0 Å². The average molecular weight is 507 g/mol.